The Morgan fingerprint density at radius 3 is 1.87 bits per heavy atom. The van der Waals surface area contributed by atoms with Crippen molar-refractivity contribution < 1.29 is 4.79 Å². The van der Waals surface area contributed by atoms with Crippen molar-refractivity contribution in [2.24, 2.45) is 0 Å². The van der Waals surface area contributed by atoms with Gasteiger partial charge in [0, 0.05) is 11.3 Å². The van der Waals surface area contributed by atoms with Crippen LogP contribution in [0, 0.1) is 13.8 Å². The van der Waals surface area contributed by atoms with Crippen LogP contribution in [-0.4, -0.2) is 5.91 Å². The van der Waals surface area contributed by atoms with E-state index < -0.39 is 0 Å². The summed E-state index contributed by atoms with van der Waals surface area (Å²) in [5, 5.41) is 3.02. The molecule has 0 saturated carbocycles. The molecule has 2 nitrogen and oxygen atoms in total. The van der Waals surface area contributed by atoms with Gasteiger partial charge < -0.3 is 5.32 Å². The molecule has 1 amide bonds. The molecule has 1 N–H and O–H groups in total. The zero-order chi connectivity index (χ0) is 16.2. The van der Waals surface area contributed by atoms with E-state index in [1.54, 1.807) is 0 Å². The molecule has 0 radical (unpaired) electrons. The van der Waals surface area contributed by atoms with Gasteiger partial charge in [-0.1, -0.05) is 60.7 Å². The number of hydrogen-bond donors (Lipinski definition) is 1. The van der Waals surface area contributed by atoms with Gasteiger partial charge >= 0.3 is 0 Å². The summed E-state index contributed by atoms with van der Waals surface area (Å²) in [5.74, 6) is -0.0815. The smallest absolute Gasteiger partial charge is 0.255 e. The van der Waals surface area contributed by atoms with Crippen LogP contribution in [-0.2, 0) is 0 Å². The van der Waals surface area contributed by atoms with E-state index >= 15 is 0 Å². The fourth-order valence-electron chi connectivity index (χ4n) is 2.64. The van der Waals surface area contributed by atoms with Gasteiger partial charge in [-0.2, -0.15) is 0 Å². The fraction of sp³-hybridized carbons (Fsp3) is 0.0952. The predicted octanol–water partition coefficient (Wildman–Crippen LogP) is 5.22. The summed E-state index contributed by atoms with van der Waals surface area (Å²) in [6, 6.07) is 23.8. The van der Waals surface area contributed by atoms with Crippen molar-refractivity contribution in [2.75, 3.05) is 5.32 Å². The van der Waals surface area contributed by atoms with Crippen molar-refractivity contribution in [1.82, 2.24) is 0 Å². The molecule has 23 heavy (non-hydrogen) atoms. The second-order valence-corrected chi connectivity index (χ2v) is 5.66. The number of hydrogen-bond acceptors (Lipinski definition) is 1. The highest BCUT2D eigenvalue weighted by atomic mass is 16.1. The molecule has 0 aliphatic rings. The summed E-state index contributed by atoms with van der Waals surface area (Å²) in [6.45, 7) is 4.00. The minimum atomic E-state index is -0.0815. The van der Waals surface area contributed by atoms with Gasteiger partial charge in [0.05, 0.1) is 0 Å². The first kappa shape index (κ1) is 15.0. The maximum absolute atomic E-state index is 12.5. The average molecular weight is 301 g/mol. The highest BCUT2D eigenvalue weighted by Crippen LogP contribution is 2.22. The van der Waals surface area contributed by atoms with Gasteiger partial charge in [-0.15, -0.1) is 0 Å². The minimum Gasteiger partial charge on any atom is -0.322 e. The van der Waals surface area contributed by atoms with Crippen molar-refractivity contribution in [1.29, 1.82) is 0 Å². The van der Waals surface area contributed by atoms with E-state index in [-0.39, 0.29) is 5.91 Å². The first-order chi connectivity index (χ1) is 11.1. The Morgan fingerprint density at radius 1 is 0.696 bits per heavy atom. The monoisotopic (exact) mass is 301 g/mol. The Labute approximate surface area is 136 Å². The van der Waals surface area contributed by atoms with Crippen molar-refractivity contribution in [3.8, 4) is 11.1 Å². The maximum atomic E-state index is 12.5. The molecule has 0 aromatic heterocycles. The number of aryl methyl sites for hydroxylation is 2. The van der Waals surface area contributed by atoms with Crippen LogP contribution >= 0.6 is 0 Å². The van der Waals surface area contributed by atoms with E-state index in [9.17, 15) is 4.79 Å². The molecule has 0 unspecified atom stereocenters. The third-order valence-corrected chi connectivity index (χ3v) is 3.97. The molecule has 3 aromatic rings. The molecule has 0 heterocycles. The van der Waals surface area contributed by atoms with Gasteiger partial charge in [0.25, 0.3) is 5.91 Å². The van der Waals surface area contributed by atoms with Crippen molar-refractivity contribution in [3.63, 3.8) is 0 Å². The molecule has 2 heteroatoms. The third-order valence-electron chi connectivity index (χ3n) is 3.97. The normalized spacial score (nSPS) is 10.3. The molecule has 0 fully saturated rings. The summed E-state index contributed by atoms with van der Waals surface area (Å²) in [5.41, 5.74) is 5.94. The van der Waals surface area contributed by atoms with Crippen LogP contribution in [0.2, 0.25) is 0 Å². The molecule has 3 rings (SSSR count). The lowest BCUT2D eigenvalue weighted by atomic mass is 10.0. The third kappa shape index (κ3) is 3.32. The van der Waals surface area contributed by atoms with Gasteiger partial charge in [-0.25, -0.2) is 0 Å². The zero-order valence-corrected chi connectivity index (χ0v) is 13.3. The highest BCUT2D eigenvalue weighted by molar-refractivity contribution is 6.05. The largest absolute Gasteiger partial charge is 0.322 e. The van der Waals surface area contributed by atoms with E-state index in [2.05, 4.69) is 17.4 Å². The second kappa shape index (κ2) is 6.49. The molecular weight excluding hydrogens is 282 g/mol. The number of carbonyl (C=O) groups excluding carboxylic acids is 1. The zero-order valence-electron chi connectivity index (χ0n) is 13.3. The lowest BCUT2D eigenvalue weighted by Crippen LogP contribution is -2.13. The topological polar surface area (TPSA) is 29.1 Å². The second-order valence-electron chi connectivity index (χ2n) is 5.66. The molecular formula is C21H19NO. The van der Waals surface area contributed by atoms with Gasteiger partial charge in [0.1, 0.15) is 0 Å². The number of amides is 1. The van der Waals surface area contributed by atoms with Crippen LogP contribution < -0.4 is 5.32 Å². The number of nitrogens with one attached hydrogen (secondary N) is 1. The van der Waals surface area contributed by atoms with Crippen LogP contribution in [0.25, 0.3) is 11.1 Å². The Kier molecular flexibility index (Phi) is 4.24. The van der Waals surface area contributed by atoms with Crippen molar-refractivity contribution in [2.45, 2.75) is 13.8 Å². The Balaban J connectivity index is 1.81. The Hall–Kier alpha value is -2.87. The molecule has 0 aliphatic carbocycles. The first-order valence-electron chi connectivity index (χ1n) is 7.68. The van der Waals surface area contributed by atoms with Gasteiger partial charge in [-0.3, -0.25) is 4.79 Å². The molecule has 3 aromatic carbocycles. The summed E-state index contributed by atoms with van der Waals surface area (Å²) in [6.07, 6.45) is 0. The first-order valence-corrected chi connectivity index (χ1v) is 7.68. The van der Waals surface area contributed by atoms with Gasteiger partial charge in [0.2, 0.25) is 0 Å². The van der Waals surface area contributed by atoms with E-state index in [0.29, 0.717) is 5.56 Å². The summed E-state index contributed by atoms with van der Waals surface area (Å²) >= 11 is 0. The number of para-hydroxylation sites is 1. The summed E-state index contributed by atoms with van der Waals surface area (Å²) in [7, 11) is 0. The Bertz CT molecular complexity index is 800. The minimum absolute atomic E-state index is 0.0815. The lowest BCUT2D eigenvalue weighted by Gasteiger charge is -2.11. The molecule has 114 valence electrons. The van der Waals surface area contributed by atoms with Crippen LogP contribution in [0.3, 0.4) is 0 Å². The average Bonchev–Trinajstić information content (AvgIpc) is 2.59. The number of anilines is 1. The predicted molar refractivity (Wildman–Crippen MR) is 95.7 cm³/mol. The van der Waals surface area contributed by atoms with Crippen LogP contribution in [0.1, 0.15) is 21.5 Å². The Morgan fingerprint density at radius 2 is 1.26 bits per heavy atom. The number of carbonyl (C=O) groups is 1. The van der Waals surface area contributed by atoms with Crippen molar-refractivity contribution >= 4 is 11.6 Å². The van der Waals surface area contributed by atoms with Crippen LogP contribution in [0.15, 0.2) is 72.8 Å². The van der Waals surface area contributed by atoms with Crippen LogP contribution in [0.5, 0.6) is 0 Å². The van der Waals surface area contributed by atoms with Gasteiger partial charge in [0.15, 0.2) is 0 Å². The van der Waals surface area contributed by atoms with E-state index in [1.807, 2.05) is 74.5 Å². The van der Waals surface area contributed by atoms with Crippen LogP contribution in [0.4, 0.5) is 5.69 Å². The van der Waals surface area contributed by atoms with Gasteiger partial charge in [-0.05, 0) is 48.2 Å². The number of benzene rings is 3. The lowest BCUT2D eigenvalue weighted by molar-refractivity contribution is 0.102. The highest BCUT2D eigenvalue weighted by Gasteiger charge is 2.09. The van der Waals surface area contributed by atoms with E-state index in [1.165, 1.54) is 0 Å². The van der Waals surface area contributed by atoms with E-state index in [0.717, 1.165) is 27.9 Å². The molecule has 0 spiro atoms. The quantitative estimate of drug-likeness (QED) is 0.705. The molecule has 0 atom stereocenters. The molecule has 0 bridgehead atoms. The van der Waals surface area contributed by atoms with E-state index in [4.69, 9.17) is 0 Å². The number of rotatable bonds is 3. The summed E-state index contributed by atoms with van der Waals surface area (Å²) < 4.78 is 0. The summed E-state index contributed by atoms with van der Waals surface area (Å²) in [4.78, 5) is 12.5. The molecule has 0 saturated heterocycles. The SMILES string of the molecule is Cc1cccc(C)c1NC(=O)c1ccc(-c2ccccc2)cc1. The fourth-order valence-corrected chi connectivity index (χ4v) is 2.64. The maximum Gasteiger partial charge on any atom is 0.255 e. The standard InChI is InChI=1S/C21H19NO/c1-15-7-6-8-16(2)20(15)22-21(23)19-13-11-18(12-14-19)17-9-4-3-5-10-17/h3-14H,1-2H3,(H,22,23). The molecule has 0 aliphatic heterocycles. The van der Waals surface area contributed by atoms with Crippen molar-refractivity contribution in [3.05, 3.63) is 89.5 Å².